The average Bonchev–Trinajstić information content (AvgIpc) is 3.72. The van der Waals surface area contributed by atoms with Gasteiger partial charge < -0.3 is 14.2 Å². The molecule has 0 amide bonds. The largest absolute Gasteiger partial charge is 0.490 e. The summed E-state index contributed by atoms with van der Waals surface area (Å²) in [5.41, 5.74) is 0.532. The molecule has 0 spiro atoms. The Morgan fingerprint density at radius 3 is 0.886 bits per heavy atom. The maximum atomic E-state index is 13.9. The molecule has 1 aromatic heterocycles. The van der Waals surface area contributed by atoms with Crippen molar-refractivity contribution in [2.45, 2.75) is 213 Å². The molecule has 0 saturated heterocycles. The van der Waals surface area contributed by atoms with Crippen molar-refractivity contribution in [2.24, 2.45) is 7.05 Å². The first kappa shape index (κ1) is 71.0. The number of hydrogen-bond donors (Lipinski definition) is 0. The second-order valence-corrected chi connectivity index (χ2v) is 18.9. The lowest BCUT2D eigenvalue weighted by molar-refractivity contribution is -0.671. The maximum Gasteiger partial charge on any atom is 0.460 e. The highest BCUT2D eigenvalue weighted by Crippen LogP contribution is 2.57. The van der Waals surface area contributed by atoms with Gasteiger partial charge in [-0.3, -0.25) is 0 Å². The molecule has 5 nitrogen and oxygen atoms in total. The quantitative estimate of drug-likeness (QED) is 0.0382. The van der Waals surface area contributed by atoms with Crippen LogP contribution in [0.15, 0.2) is 30.9 Å². The fraction of sp³-hybridized carbons (Fsp3) is 0.809. The zero-order valence-electron chi connectivity index (χ0n) is 41.9. The molecule has 0 radical (unpaired) electrons. The number of ether oxygens (including phenoxy) is 3. The molecule has 0 aliphatic rings. The molecular formula is C47H58F27N2O3+. The first-order valence-corrected chi connectivity index (χ1v) is 24.5. The molecule has 0 saturated carbocycles. The fourth-order valence-electron chi connectivity index (χ4n) is 7.59. The van der Waals surface area contributed by atoms with Crippen LogP contribution in [-0.2, 0) is 13.6 Å². The summed E-state index contributed by atoms with van der Waals surface area (Å²) in [4.78, 5) is 0. The van der Waals surface area contributed by atoms with Crippen molar-refractivity contribution in [1.82, 2.24) is 4.57 Å². The summed E-state index contributed by atoms with van der Waals surface area (Å²) in [6, 6.07) is 3.10. The molecule has 1 aromatic carbocycles. The Morgan fingerprint density at radius 2 is 0.620 bits per heavy atom. The monoisotopic (exact) mass is 1210 g/mol. The molecule has 0 aliphatic carbocycles. The number of aromatic nitrogens is 2. The zero-order chi connectivity index (χ0) is 60.8. The third kappa shape index (κ3) is 18.2. The number of alkyl halides is 27. The SMILES string of the molecule is C[n+]1ccn(Cc2cc(OCCCCCCCCC(F)(F)C(F)(F)C(F)(F)C(F)(F)F)c(OCCCCCCCCC(F)(F)C(F)(F)C(F)(F)C(F)(F)F)c(OCCCCCCCCC(F)(F)C(F)(F)C(F)(F)C(F)(F)F)c2)c1. The second-order valence-electron chi connectivity index (χ2n) is 18.9. The number of imidazole rings is 1. The number of nitrogens with zero attached hydrogens (tertiary/aromatic N) is 2. The van der Waals surface area contributed by atoms with Crippen molar-refractivity contribution in [3.63, 3.8) is 0 Å². The van der Waals surface area contributed by atoms with Crippen LogP contribution in [-0.4, -0.2) is 96.2 Å². The van der Waals surface area contributed by atoms with E-state index >= 15 is 0 Å². The number of benzene rings is 1. The molecule has 2 aromatic rings. The van der Waals surface area contributed by atoms with Crippen molar-refractivity contribution in [2.75, 3.05) is 19.8 Å². The van der Waals surface area contributed by atoms with Crippen molar-refractivity contribution in [3.8, 4) is 17.2 Å². The Balaban J connectivity index is 2.14. The van der Waals surface area contributed by atoms with Gasteiger partial charge in [0.1, 0.15) is 18.9 Å². The summed E-state index contributed by atoms with van der Waals surface area (Å²) in [6.45, 7) is -0.142. The predicted molar refractivity (Wildman–Crippen MR) is 227 cm³/mol. The number of hydrogen-bond acceptors (Lipinski definition) is 3. The Hall–Kier alpha value is -4.06. The lowest BCUT2D eigenvalue weighted by atomic mass is 9.98. The lowest BCUT2D eigenvalue weighted by Gasteiger charge is -2.33. The molecule has 0 atom stereocenters. The normalized spacial score (nSPS) is 14.3. The summed E-state index contributed by atoms with van der Waals surface area (Å²) in [7, 11) is 1.71. The molecule has 32 heteroatoms. The zero-order valence-corrected chi connectivity index (χ0v) is 41.9. The van der Waals surface area contributed by atoms with E-state index in [1.165, 1.54) is 0 Å². The van der Waals surface area contributed by atoms with Crippen LogP contribution < -0.4 is 18.8 Å². The minimum Gasteiger partial charge on any atom is -0.490 e. The van der Waals surface area contributed by atoms with E-state index in [0.717, 1.165) is 0 Å². The van der Waals surface area contributed by atoms with Gasteiger partial charge in [-0.15, -0.1) is 0 Å². The summed E-state index contributed by atoms with van der Waals surface area (Å²) < 4.78 is 378. The molecule has 462 valence electrons. The fourth-order valence-corrected chi connectivity index (χ4v) is 7.59. The van der Waals surface area contributed by atoms with E-state index < -0.39 is 110 Å². The highest BCUT2D eigenvalue weighted by Gasteiger charge is 2.83. The number of halogens is 27. The third-order valence-corrected chi connectivity index (χ3v) is 12.3. The van der Waals surface area contributed by atoms with Crippen LogP contribution >= 0.6 is 0 Å². The molecular weight excluding hydrogens is 1150 g/mol. The summed E-state index contributed by atoms with van der Waals surface area (Å²) >= 11 is 0. The molecule has 0 N–H and O–H groups in total. The Kier molecular flexibility index (Phi) is 25.0. The maximum absolute atomic E-state index is 13.9. The van der Waals surface area contributed by atoms with Crippen LogP contribution in [0.5, 0.6) is 17.2 Å². The Labute approximate surface area is 435 Å². The predicted octanol–water partition coefficient (Wildman–Crippen LogP) is 18.1. The Bertz CT molecular complexity index is 2030. The van der Waals surface area contributed by atoms with E-state index in [2.05, 4.69) is 0 Å². The van der Waals surface area contributed by atoms with Crippen molar-refractivity contribution < 1.29 is 137 Å². The molecule has 0 unspecified atom stereocenters. The van der Waals surface area contributed by atoms with Gasteiger partial charge in [0.2, 0.25) is 12.1 Å². The molecule has 0 bridgehead atoms. The van der Waals surface area contributed by atoms with E-state index in [9.17, 15) is 119 Å². The van der Waals surface area contributed by atoms with Crippen LogP contribution in [0, 0.1) is 0 Å². The molecule has 0 aliphatic heterocycles. The summed E-state index contributed by atoms with van der Waals surface area (Å²) in [5, 5.41) is 0. The number of unbranched alkanes of at least 4 members (excludes halogenated alkanes) is 15. The smallest absolute Gasteiger partial charge is 0.460 e. The number of rotatable bonds is 38. The first-order valence-electron chi connectivity index (χ1n) is 24.5. The van der Waals surface area contributed by atoms with Crippen LogP contribution in [0.2, 0.25) is 0 Å². The topological polar surface area (TPSA) is 36.5 Å². The molecule has 0 fully saturated rings. The van der Waals surface area contributed by atoms with Crippen LogP contribution in [0.3, 0.4) is 0 Å². The second kappa shape index (κ2) is 27.8. The molecule has 2 rings (SSSR count). The van der Waals surface area contributed by atoms with E-state index in [1.54, 1.807) is 47.0 Å². The van der Waals surface area contributed by atoms with Gasteiger partial charge in [0.05, 0.1) is 26.9 Å². The van der Waals surface area contributed by atoms with Gasteiger partial charge >= 0.3 is 71.8 Å². The van der Waals surface area contributed by atoms with Gasteiger partial charge in [0, 0.05) is 24.8 Å². The Morgan fingerprint density at radius 1 is 0.354 bits per heavy atom. The van der Waals surface area contributed by atoms with Crippen LogP contribution in [0.25, 0.3) is 0 Å². The van der Waals surface area contributed by atoms with Gasteiger partial charge in [0.25, 0.3) is 0 Å². The first-order chi connectivity index (χ1) is 35.9. The highest BCUT2D eigenvalue weighted by molar-refractivity contribution is 5.54. The molecule has 1 heterocycles. The minimum atomic E-state index is -7.01. The van der Waals surface area contributed by atoms with Crippen molar-refractivity contribution in [3.05, 3.63) is 36.4 Å². The lowest BCUT2D eigenvalue weighted by Crippen LogP contribution is -2.60. The van der Waals surface area contributed by atoms with Gasteiger partial charge in [-0.2, -0.15) is 119 Å². The van der Waals surface area contributed by atoms with Gasteiger partial charge in [-0.05, 0) is 50.7 Å². The van der Waals surface area contributed by atoms with Gasteiger partial charge in [-0.25, -0.2) is 9.13 Å². The van der Waals surface area contributed by atoms with Crippen molar-refractivity contribution >= 4 is 0 Å². The molecule has 79 heavy (non-hydrogen) atoms. The summed E-state index contributed by atoms with van der Waals surface area (Å²) in [6.07, 6.45) is -22.8. The van der Waals surface area contributed by atoms with Gasteiger partial charge in [0.15, 0.2) is 11.5 Å². The number of aryl methyl sites for hydroxylation is 1. The summed E-state index contributed by atoms with van der Waals surface area (Å²) in [5.74, 6) is -58.2. The van der Waals surface area contributed by atoms with E-state index in [4.69, 9.17) is 14.2 Å². The van der Waals surface area contributed by atoms with Crippen LogP contribution in [0.1, 0.15) is 140 Å². The average molecular weight is 1210 g/mol. The standard InChI is InChI=1S/C47H58F27N2O3/c1-75-23-24-76(31-75)30-32-28-33(77-25-17-11-5-2-8-14-20-36(48,49)39(54,55)42(60,61)45(66,67)68)35(79-27-19-13-7-4-10-16-22-38(52,53)41(58,59)44(64,65)47(72,73)74)34(29-32)78-26-18-12-6-3-9-15-21-37(50,51)40(56,57)43(62,63)46(69,70)71/h23-24,28-29,31H,2-22,25-27,30H2,1H3/q+1. The highest BCUT2D eigenvalue weighted by atomic mass is 19.4. The van der Waals surface area contributed by atoms with Crippen molar-refractivity contribution in [1.29, 1.82) is 0 Å². The van der Waals surface area contributed by atoms with Crippen LogP contribution in [0.4, 0.5) is 119 Å². The van der Waals surface area contributed by atoms with E-state index in [-0.39, 0.29) is 140 Å². The van der Waals surface area contributed by atoms with E-state index in [0.29, 0.717) is 5.56 Å². The van der Waals surface area contributed by atoms with E-state index in [1.807, 2.05) is 0 Å². The minimum absolute atomic E-state index is 0.0108. The third-order valence-electron chi connectivity index (χ3n) is 12.3. The van der Waals surface area contributed by atoms with Gasteiger partial charge in [-0.1, -0.05) is 77.0 Å².